The molecule has 1 aromatic heterocycles. The van der Waals surface area contributed by atoms with Gasteiger partial charge in [-0.05, 0) is 37.6 Å². The highest BCUT2D eigenvalue weighted by molar-refractivity contribution is 7.92. The Balaban J connectivity index is 1.74. The second-order valence-electron chi connectivity index (χ2n) is 6.43. The lowest BCUT2D eigenvalue weighted by molar-refractivity contribution is -0.114. The van der Waals surface area contributed by atoms with Crippen LogP contribution in [0.25, 0.3) is 11.3 Å². The van der Waals surface area contributed by atoms with Crippen molar-refractivity contribution in [3.63, 3.8) is 0 Å². The summed E-state index contributed by atoms with van der Waals surface area (Å²) in [6.07, 6.45) is 1.09. The molecule has 0 aliphatic carbocycles. The maximum absolute atomic E-state index is 12.5. The quantitative estimate of drug-likeness (QED) is 0.664. The lowest BCUT2D eigenvalue weighted by atomic mass is 10.1. The number of nitrogens with one attached hydrogen (secondary N) is 1. The number of aromatic nitrogens is 1. The Morgan fingerprint density at radius 3 is 2.36 bits per heavy atom. The number of hydrogen-bond donors (Lipinski definition) is 1. The van der Waals surface area contributed by atoms with Crippen LogP contribution in [0, 0.1) is 13.8 Å². The van der Waals surface area contributed by atoms with Crippen molar-refractivity contribution in [3.05, 3.63) is 64.5 Å². The van der Waals surface area contributed by atoms with Gasteiger partial charge in [-0.3, -0.25) is 9.10 Å². The SMILES string of the molecule is Cc1nc(-c2ccc(NC(=O)CN(c3ccccc3C)S(C)(=O)=O)cc2)cs1. The molecule has 1 N–H and O–H groups in total. The van der Waals surface area contributed by atoms with E-state index in [0.29, 0.717) is 11.4 Å². The molecule has 6 nitrogen and oxygen atoms in total. The van der Waals surface area contributed by atoms with Crippen molar-refractivity contribution in [2.24, 2.45) is 0 Å². The molecule has 0 unspecified atom stereocenters. The maximum Gasteiger partial charge on any atom is 0.245 e. The van der Waals surface area contributed by atoms with Gasteiger partial charge in [-0.15, -0.1) is 11.3 Å². The van der Waals surface area contributed by atoms with Crippen LogP contribution in [-0.2, 0) is 14.8 Å². The van der Waals surface area contributed by atoms with Gasteiger partial charge in [0.05, 0.1) is 22.6 Å². The predicted octanol–water partition coefficient (Wildman–Crippen LogP) is 3.83. The Kier molecular flexibility index (Phi) is 5.81. The lowest BCUT2D eigenvalue weighted by Gasteiger charge is -2.23. The number of thiazole rings is 1. The fraction of sp³-hybridized carbons (Fsp3) is 0.200. The van der Waals surface area contributed by atoms with Crippen LogP contribution in [0.5, 0.6) is 0 Å². The van der Waals surface area contributed by atoms with Gasteiger partial charge >= 0.3 is 0 Å². The van der Waals surface area contributed by atoms with Gasteiger partial charge in [0.25, 0.3) is 0 Å². The Labute approximate surface area is 168 Å². The number of hydrogen-bond acceptors (Lipinski definition) is 5. The molecule has 28 heavy (non-hydrogen) atoms. The molecule has 0 saturated heterocycles. The normalized spacial score (nSPS) is 11.2. The standard InChI is InChI=1S/C20H21N3O3S2/c1-14-6-4-5-7-19(14)23(28(3,25)26)12-20(24)22-17-10-8-16(9-11-17)18-13-27-15(2)21-18/h4-11,13H,12H2,1-3H3,(H,22,24). The molecular weight excluding hydrogens is 394 g/mol. The first-order valence-corrected chi connectivity index (χ1v) is 11.3. The minimum Gasteiger partial charge on any atom is -0.325 e. The van der Waals surface area contributed by atoms with E-state index in [1.54, 1.807) is 35.6 Å². The van der Waals surface area contributed by atoms with Crippen LogP contribution in [0.2, 0.25) is 0 Å². The van der Waals surface area contributed by atoms with Crippen molar-refractivity contribution in [3.8, 4) is 11.3 Å². The number of nitrogens with zero attached hydrogens (tertiary/aromatic N) is 2. The van der Waals surface area contributed by atoms with Crippen LogP contribution in [0.1, 0.15) is 10.6 Å². The smallest absolute Gasteiger partial charge is 0.245 e. The van der Waals surface area contributed by atoms with E-state index in [9.17, 15) is 13.2 Å². The summed E-state index contributed by atoms with van der Waals surface area (Å²) >= 11 is 1.58. The van der Waals surface area contributed by atoms with E-state index in [4.69, 9.17) is 0 Å². The predicted molar refractivity (Wildman–Crippen MR) is 114 cm³/mol. The number of aryl methyl sites for hydroxylation is 2. The van der Waals surface area contributed by atoms with E-state index >= 15 is 0 Å². The molecule has 3 rings (SSSR count). The van der Waals surface area contributed by atoms with Crippen LogP contribution < -0.4 is 9.62 Å². The first kappa shape index (κ1) is 20.0. The van der Waals surface area contributed by atoms with E-state index in [1.165, 1.54) is 0 Å². The number of sulfonamides is 1. The van der Waals surface area contributed by atoms with Crippen molar-refractivity contribution < 1.29 is 13.2 Å². The first-order chi connectivity index (χ1) is 13.2. The van der Waals surface area contributed by atoms with Crippen LogP contribution >= 0.6 is 11.3 Å². The highest BCUT2D eigenvalue weighted by Crippen LogP contribution is 2.24. The molecule has 0 fully saturated rings. The first-order valence-electron chi connectivity index (χ1n) is 8.60. The van der Waals surface area contributed by atoms with Crippen LogP contribution in [0.15, 0.2) is 53.9 Å². The van der Waals surface area contributed by atoms with Gasteiger partial charge in [-0.2, -0.15) is 0 Å². The number of rotatable bonds is 6. The summed E-state index contributed by atoms with van der Waals surface area (Å²) in [4.78, 5) is 16.9. The summed E-state index contributed by atoms with van der Waals surface area (Å²) in [5.74, 6) is -0.411. The summed E-state index contributed by atoms with van der Waals surface area (Å²) in [5.41, 5.74) is 3.72. The van der Waals surface area contributed by atoms with Gasteiger partial charge in [-0.1, -0.05) is 30.3 Å². The van der Waals surface area contributed by atoms with Gasteiger partial charge < -0.3 is 5.32 Å². The molecule has 1 heterocycles. The zero-order chi connectivity index (χ0) is 20.3. The largest absolute Gasteiger partial charge is 0.325 e. The van der Waals surface area contributed by atoms with Gasteiger partial charge in [0, 0.05) is 16.6 Å². The third-order valence-electron chi connectivity index (χ3n) is 4.16. The third-order valence-corrected chi connectivity index (χ3v) is 6.06. The zero-order valence-corrected chi connectivity index (χ0v) is 17.5. The fourth-order valence-electron chi connectivity index (χ4n) is 2.78. The number of carbonyl (C=O) groups is 1. The minimum absolute atomic E-state index is 0.295. The number of benzene rings is 2. The molecule has 3 aromatic rings. The zero-order valence-electron chi connectivity index (χ0n) is 15.8. The Morgan fingerprint density at radius 2 is 1.79 bits per heavy atom. The van der Waals surface area contributed by atoms with Crippen molar-refractivity contribution in [2.75, 3.05) is 22.4 Å². The van der Waals surface area contributed by atoms with E-state index in [-0.39, 0.29) is 6.54 Å². The third kappa shape index (κ3) is 4.76. The molecule has 0 atom stereocenters. The van der Waals surface area contributed by atoms with Gasteiger partial charge in [0.15, 0.2) is 0 Å². The van der Waals surface area contributed by atoms with Gasteiger partial charge in [-0.25, -0.2) is 13.4 Å². The molecule has 0 radical (unpaired) electrons. The van der Waals surface area contributed by atoms with Crippen LogP contribution in [0.4, 0.5) is 11.4 Å². The fourth-order valence-corrected chi connectivity index (χ4v) is 4.31. The molecule has 0 aliphatic rings. The number of carbonyl (C=O) groups excluding carboxylic acids is 1. The molecule has 8 heteroatoms. The molecule has 2 aromatic carbocycles. The van der Waals surface area contributed by atoms with Gasteiger partial charge in [0.1, 0.15) is 6.54 Å². The Bertz CT molecular complexity index is 1090. The highest BCUT2D eigenvalue weighted by atomic mass is 32.2. The van der Waals surface area contributed by atoms with E-state index in [1.807, 2.05) is 43.5 Å². The van der Waals surface area contributed by atoms with Crippen LogP contribution in [0.3, 0.4) is 0 Å². The average molecular weight is 416 g/mol. The van der Waals surface area contributed by atoms with Crippen molar-refractivity contribution in [1.29, 1.82) is 0 Å². The minimum atomic E-state index is -3.60. The van der Waals surface area contributed by atoms with Crippen LogP contribution in [-0.4, -0.2) is 32.1 Å². The summed E-state index contributed by atoms with van der Waals surface area (Å²) < 4.78 is 25.5. The summed E-state index contributed by atoms with van der Waals surface area (Å²) in [6, 6.07) is 14.4. The summed E-state index contributed by atoms with van der Waals surface area (Å²) in [5, 5.41) is 5.73. The highest BCUT2D eigenvalue weighted by Gasteiger charge is 2.22. The molecule has 0 aliphatic heterocycles. The van der Waals surface area contributed by atoms with E-state index in [0.717, 1.165) is 32.4 Å². The molecule has 0 bridgehead atoms. The summed E-state index contributed by atoms with van der Waals surface area (Å²) in [6.45, 7) is 3.46. The van der Waals surface area contributed by atoms with Crippen molar-refractivity contribution in [2.45, 2.75) is 13.8 Å². The molecule has 0 spiro atoms. The Morgan fingerprint density at radius 1 is 1.11 bits per heavy atom. The van der Waals surface area contributed by atoms with Crippen molar-refractivity contribution in [1.82, 2.24) is 4.98 Å². The maximum atomic E-state index is 12.5. The number of amides is 1. The topological polar surface area (TPSA) is 79.4 Å². The van der Waals surface area contributed by atoms with E-state index < -0.39 is 15.9 Å². The van der Waals surface area contributed by atoms with Crippen molar-refractivity contribution >= 4 is 38.6 Å². The second-order valence-corrected chi connectivity index (χ2v) is 9.40. The number of anilines is 2. The molecule has 0 saturated carbocycles. The molecule has 146 valence electrons. The molecule has 1 amide bonds. The average Bonchev–Trinajstić information content (AvgIpc) is 3.07. The van der Waals surface area contributed by atoms with E-state index in [2.05, 4.69) is 10.3 Å². The second kappa shape index (κ2) is 8.12. The summed E-state index contributed by atoms with van der Waals surface area (Å²) in [7, 11) is -3.60. The van der Waals surface area contributed by atoms with Gasteiger partial charge in [0.2, 0.25) is 15.9 Å². The Hall–Kier alpha value is -2.71. The lowest BCUT2D eigenvalue weighted by Crippen LogP contribution is -2.37. The molecular formula is C20H21N3O3S2. The monoisotopic (exact) mass is 415 g/mol. The number of para-hydroxylation sites is 1.